The Hall–Kier alpha value is -0.640. The van der Waals surface area contributed by atoms with E-state index in [2.05, 4.69) is 18.7 Å². The van der Waals surface area contributed by atoms with E-state index >= 15 is 0 Å². The van der Waals surface area contributed by atoms with Crippen molar-refractivity contribution in [3.8, 4) is 0 Å². The summed E-state index contributed by atoms with van der Waals surface area (Å²) in [4.78, 5) is 2.16. The van der Waals surface area contributed by atoms with Gasteiger partial charge in [-0.3, -0.25) is 0 Å². The summed E-state index contributed by atoms with van der Waals surface area (Å²) in [5.41, 5.74) is 7.36. The van der Waals surface area contributed by atoms with Gasteiger partial charge in [0, 0.05) is 18.5 Å². The molecule has 0 aliphatic carbocycles. The fraction of sp³-hybridized carbons (Fsp3) is 0.538. The first-order chi connectivity index (χ1) is 8.31. The SMILES string of the molecule is CC1(C)CN(c2cc(Cl)c(Cl)cc2N)CCC1O. The summed E-state index contributed by atoms with van der Waals surface area (Å²) < 4.78 is 0. The zero-order chi connectivity index (χ0) is 13.5. The van der Waals surface area contributed by atoms with Crippen molar-refractivity contribution in [3.63, 3.8) is 0 Å². The smallest absolute Gasteiger partial charge is 0.0624 e. The van der Waals surface area contributed by atoms with Crippen LogP contribution in [-0.2, 0) is 0 Å². The molecule has 0 aromatic heterocycles. The zero-order valence-electron chi connectivity index (χ0n) is 10.6. The standard InChI is InChI=1S/C13H18Cl2N2O/c1-13(2)7-17(4-3-12(13)18)11-6-9(15)8(14)5-10(11)16/h5-6,12,18H,3-4,7,16H2,1-2H3. The molecule has 0 spiro atoms. The van der Waals surface area contributed by atoms with Gasteiger partial charge in [0.05, 0.1) is 27.5 Å². The first-order valence-corrected chi connectivity index (χ1v) is 6.74. The van der Waals surface area contributed by atoms with Crippen molar-refractivity contribution < 1.29 is 5.11 Å². The van der Waals surface area contributed by atoms with E-state index in [-0.39, 0.29) is 11.5 Å². The van der Waals surface area contributed by atoms with Crippen LogP contribution in [0, 0.1) is 5.41 Å². The van der Waals surface area contributed by atoms with Gasteiger partial charge < -0.3 is 15.7 Å². The monoisotopic (exact) mass is 288 g/mol. The number of rotatable bonds is 1. The highest BCUT2D eigenvalue weighted by Gasteiger charge is 2.35. The van der Waals surface area contributed by atoms with E-state index in [0.717, 1.165) is 25.2 Å². The van der Waals surface area contributed by atoms with E-state index in [9.17, 15) is 5.11 Å². The maximum absolute atomic E-state index is 9.96. The summed E-state index contributed by atoms with van der Waals surface area (Å²) in [5, 5.41) is 10.9. The molecule has 5 heteroatoms. The largest absolute Gasteiger partial charge is 0.397 e. The summed E-state index contributed by atoms with van der Waals surface area (Å²) >= 11 is 12.0. The van der Waals surface area contributed by atoms with Gasteiger partial charge in [0.15, 0.2) is 0 Å². The van der Waals surface area contributed by atoms with Gasteiger partial charge in [-0.15, -0.1) is 0 Å². The van der Waals surface area contributed by atoms with E-state index in [1.54, 1.807) is 12.1 Å². The number of hydrogen-bond donors (Lipinski definition) is 2. The fourth-order valence-corrected chi connectivity index (χ4v) is 2.71. The van der Waals surface area contributed by atoms with Crippen molar-refractivity contribution >= 4 is 34.6 Å². The Morgan fingerprint density at radius 2 is 1.94 bits per heavy atom. The Labute approximate surface area is 117 Å². The first-order valence-electron chi connectivity index (χ1n) is 5.99. The molecule has 0 bridgehead atoms. The summed E-state index contributed by atoms with van der Waals surface area (Å²) in [7, 11) is 0. The number of nitrogens with zero attached hydrogens (tertiary/aromatic N) is 1. The lowest BCUT2D eigenvalue weighted by Gasteiger charge is -2.43. The highest BCUT2D eigenvalue weighted by atomic mass is 35.5. The quantitative estimate of drug-likeness (QED) is 0.781. The van der Waals surface area contributed by atoms with Crippen molar-refractivity contribution in [1.29, 1.82) is 0 Å². The summed E-state index contributed by atoms with van der Waals surface area (Å²) in [6.07, 6.45) is 0.449. The van der Waals surface area contributed by atoms with Crippen LogP contribution >= 0.6 is 23.2 Å². The highest BCUT2D eigenvalue weighted by molar-refractivity contribution is 6.42. The molecule has 1 fully saturated rings. The number of nitrogens with two attached hydrogens (primary N) is 1. The lowest BCUT2D eigenvalue weighted by atomic mass is 9.81. The van der Waals surface area contributed by atoms with Crippen molar-refractivity contribution in [3.05, 3.63) is 22.2 Å². The molecule has 3 N–H and O–H groups in total. The Morgan fingerprint density at radius 3 is 2.56 bits per heavy atom. The minimum Gasteiger partial charge on any atom is -0.397 e. The molecule has 0 amide bonds. The molecular weight excluding hydrogens is 271 g/mol. The number of anilines is 2. The molecule has 1 unspecified atom stereocenters. The topological polar surface area (TPSA) is 49.5 Å². The third kappa shape index (κ3) is 2.53. The number of hydrogen-bond acceptors (Lipinski definition) is 3. The third-order valence-electron chi connectivity index (χ3n) is 3.58. The van der Waals surface area contributed by atoms with Crippen LogP contribution in [-0.4, -0.2) is 24.3 Å². The van der Waals surface area contributed by atoms with E-state index < -0.39 is 0 Å². The van der Waals surface area contributed by atoms with Crippen LogP contribution in [0.15, 0.2) is 12.1 Å². The summed E-state index contributed by atoms with van der Waals surface area (Å²) in [5.74, 6) is 0. The highest BCUT2D eigenvalue weighted by Crippen LogP contribution is 2.37. The third-order valence-corrected chi connectivity index (χ3v) is 4.31. The molecule has 1 aromatic carbocycles. The van der Waals surface area contributed by atoms with Gasteiger partial charge in [-0.05, 0) is 18.6 Å². The molecule has 0 radical (unpaired) electrons. The van der Waals surface area contributed by atoms with Crippen molar-refractivity contribution in [2.24, 2.45) is 5.41 Å². The molecule has 0 saturated carbocycles. The van der Waals surface area contributed by atoms with Crippen LogP contribution in [0.2, 0.25) is 10.0 Å². The average molecular weight is 289 g/mol. The number of nitrogen functional groups attached to an aromatic ring is 1. The fourth-order valence-electron chi connectivity index (χ4n) is 2.38. The van der Waals surface area contributed by atoms with Crippen molar-refractivity contribution in [2.75, 3.05) is 23.7 Å². The molecule has 3 nitrogen and oxygen atoms in total. The molecule has 1 aromatic rings. The minimum absolute atomic E-state index is 0.156. The maximum Gasteiger partial charge on any atom is 0.0624 e. The Bertz CT molecular complexity index is 463. The number of halogens is 2. The second-order valence-electron chi connectivity index (χ2n) is 5.54. The molecule has 18 heavy (non-hydrogen) atoms. The van der Waals surface area contributed by atoms with E-state index in [1.807, 2.05) is 0 Å². The number of benzene rings is 1. The maximum atomic E-state index is 9.96. The summed E-state index contributed by atoms with van der Waals surface area (Å²) in [6, 6.07) is 3.48. The van der Waals surface area contributed by atoms with E-state index in [0.29, 0.717) is 15.7 Å². The number of piperidine rings is 1. The van der Waals surface area contributed by atoms with Gasteiger partial charge in [-0.25, -0.2) is 0 Å². The second kappa shape index (κ2) is 4.80. The van der Waals surface area contributed by atoms with Crippen LogP contribution in [0.5, 0.6) is 0 Å². The predicted molar refractivity (Wildman–Crippen MR) is 77.5 cm³/mol. The predicted octanol–water partition coefficient (Wildman–Crippen LogP) is 3.17. The second-order valence-corrected chi connectivity index (χ2v) is 6.35. The molecule has 1 atom stereocenters. The van der Waals surface area contributed by atoms with Gasteiger partial charge in [0.25, 0.3) is 0 Å². The van der Waals surface area contributed by atoms with E-state index in [4.69, 9.17) is 28.9 Å². The molecule has 1 heterocycles. The van der Waals surface area contributed by atoms with Gasteiger partial charge in [0.2, 0.25) is 0 Å². The molecule has 2 rings (SSSR count). The van der Waals surface area contributed by atoms with Crippen LogP contribution in [0.1, 0.15) is 20.3 Å². The lowest BCUT2D eigenvalue weighted by Crippen LogP contribution is -2.48. The Kier molecular flexibility index (Phi) is 3.67. The average Bonchev–Trinajstić information content (AvgIpc) is 2.27. The van der Waals surface area contributed by atoms with E-state index in [1.165, 1.54) is 0 Å². The normalized spacial score (nSPS) is 23.2. The van der Waals surface area contributed by atoms with Crippen LogP contribution in [0.25, 0.3) is 0 Å². The Morgan fingerprint density at radius 1 is 1.33 bits per heavy atom. The minimum atomic E-state index is -0.280. The summed E-state index contributed by atoms with van der Waals surface area (Å²) in [6.45, 7) is 5.62. The van der Waals surface area contributed by atoms with Crippen LogP contribution < -0.4 is 10.6 Å². The first kappa shape index (κ1) is 13.8. The van der Waals surface area contributed by atoms with Gasteiger partial charge in [0.1, 0.15) is 0 Å². The molecule has 1 aliphatic heterocycles. The lowest BCUT2D eigenvalue weighted by molar-refractivity contribution is 0.0336. The number of aliphatic hydroxyl groups excluding tert-OH is 1. The molecule has 100 valence electrons. The van der Waals surface area contributed by atoms with Crippen LogP contribution in [0.4, 0.5) is 11.4 Å². The Balaban J connectivity index is 2.30. The van der Waals surface area contributed by atoms with Crippen molar-refractivity contribution in [2.45, 2.75) is 26.4 Å². The number of aliphatic hydroxyl groups is 1. The van der Waals surface area contributed by atoms with Gasteiger partial charge in [-0.2, -0.15) is 0 Å². The van der Waals surface area contributed by atoms with Gasteiger partial charge >= 0.3 is 0 Å². The zero-order valence-corrected chi connectivity index (χ0v) is 12.1. The van der Waals surface area contributed by atoms with Gasteiger partial charge in [-0.1, -0.05) is 37.0 Å². The molecular formula is C13H18Cl2N2O. The van der Waals surface area contributed by atoms with Crippen LogP contribution in [0.3, 0.4) is 0 Å². The molecule has 1 aliphatic rings. The molecule has 1 saturated heterocycles. The van der Waals surface area contributed by atoms with Crippen molar-refractivity contribution in [1.82, 2.24) is 0 Å².